The molecule has 22 heavy (non-hydrogen) atoms. The lowest BCUT2D eigenvalue weighted by atomic mass is 10.1. The van der Waals surface area contributed by atoms with Crippen molar-refractivity contribution in [1.82, 2.24) is 9.80 Å². The number of carbonyl (C=O) groups excluding carboxylic acids is 1. The minimum absolute atomic E-state index is 0.0639. The molecule has 1 N–H and O–H groups in total. The molecule has 1 aliphatic rings. The van der Waals surface area contributed by atoms with Crippen LogP contribution in [0, 0.1) is 19.8 Å². The fraction of sp³-hybridized carbons (Fsp3) is 0.529. The summed E-state index contributed by atoms with van der Waals surface area (Å²) in [5.74, 6) is -1.08. The fourth-order valence-electron chi connectivity index (χ4n) is 2.66. The monoisotopic (exact) mass is 304 g/mol. The number of aliphatic carboxylic acids is 1. The second-order valence-electron chi connectivity index (χ2n) is 6.13. The first-order chi connectivity index (χ1) is 10.4. The third-order valence-corrected chi connectivity index (χ3v) is 4.37. The minimum Gasteiger partial charge on any atom is -0.481 e. The lowest BCUT2D eigenvalue weighted by molar-refractivity contribution is -0.141. The molecule has 1 aromatic carbocycles. The second-order valence-corrected chi connectivity index (χ2v) is 6.13. The fourth-order valence-corrected chi connectivity index (χ4v) is 2.66. The van der Waals surface area contributed by atoms with Gasteiger partial charge in [-0.1, -0.05) is 13.0 Å². The summed E-state index contributed by atoms with van der Waals surface area (Å²) in [6.07, 6.45) is 0. The Morgan fingerprint density at radius 1 is 1.14 bits per heavy atom. The van der Waals surface area contributed by atoms with Crippen LogP contribution in [0.5, 0.6) is 0 Å². The van der Waals surface area contributed by atoms with Crippen LogP contribution in [-0.2, 0) is 4.79 Å². The van der Waals surface area contributed by atoms with Crippen molar-refractivity contribution in [2.24, 2.45) is 5.92 Å². The minimum atomic E-state index is -0.770. The highest BCUT2D eigenvalue weighted by Crippen LogP contribution is 2.14. The van der Waals surface area contributed by atoms with Crippen molar-refractivity contribution in [3.05, 3.63) is 34.9 Å². The average Bonchev–Trinajstić information content (AvgIpc) is 2.50. The van der Waals surface area contributed by atoms with Crippen LogP contribution >= 0.6 is 0 Å². The molecule has 0 aromatic heterocycles. The van der Waals surface area contributed by atoms with Crippen LogP contribution in [-0.4, -0.2) is 59.5 Å². The Bertz CT molecular complexity index is 563. The molecule has 1 fully saturated rings. The maximum absolute atomic E-state index is 12.5. The van der Waals surface area contributed by atoms with E-state index in [0.29, 0.717) is 19.6 Å². The number of piperazine rings is 1. The Balaban J connectivity index is 1.92. The Kier molecular flexibility index (Phi) is 5.19. The number of hydrogen-bond donors (Lipinski definition) is 1. The van der Waals surface area contributed by atoms with Crippen LogP contribution in [0.1, 0.15) is 28.4 Å². The van der Waals surface area contributed by atoms with Gasteiger partial charge in [-0.05, 0) is 37.1 Å². The standard InChI is InChI=1S/C17H24N2O3/c1-12-4-5-15(10-13(12)2)16(20)19-8-6-18(7-9-19)11-14(3)17(21)22/h4-5,10,14H,6-9,11H2,1-3H3,(H,21,22). The average molecular weight is 304 g/mol. The van der Waals surface area contributed by atoms with E-state index >= 15 is 0 Å². The molecule has 5 nitrogen and oxygen atoms in total. The number of carboxylic acids is 1. The van der Waals surface area contributed by atoms with E-state index in [-0.39, 0.29) is 11.8 Å². The summed E-state index contributed by atoms with van der Waals surface area (Å²) >= 11 is 0. The van der Waals surface area contributed by atoms with E-state index in [1.165, 1.54) is 5.56 Å². The smallest absolute Gasteiger partial charge is 0.307 e. The number of nitrogens with zero attached hydrogens (tertiary/aromatic N) is 2. The molecule has 2 rings (SSSR count). The predicted octanol–water partition coefficient (Wildman–Crippen LogP) is 1.78. The van der Waals surface area contributed by atoms with Crippen LogP contribution in [0.2, 0.25) is 0 Å². The summed E-state index contributed by atoms with van der Waals surface area (Å²) in [4.78, 5) is 27.4. The third kappa shape index (κ3) is 3.85. The Morgan fingerprint density at radius 2 is 1.77 bits per heavy atom. The molecule has 0 bridgehead atoms. The number of benzene rings is 1. The topological polar surface area (TPSA) is 60.9 Å². The maximum Gasteiger partial charge on any atom is 0.307 e. The number of carbonyl (C=O) groups is 2. The van der Waals surface area contributed by atoms with Crippen molar-refractivity contribution in [2.45, 2.75) is 20.8 Å². The lowest BCUT2D eigenvalue weighted by Crippen LogP contribution is -2.50. The van der Waals surface area contributed by atoms with Gasteiger partial charge in [-0.3, -0.25) is 14.5 Å². The van der Waals surface area contributed by atoms with E-state index in [9.17, 15) is 9.59 Å². The normalized spacial score (nSPS) is 17.3. The number of hydrogen-bond acceptors (Lipinski definition) is 3. The zero-order valence-corrected chi connectivity index (χ0v) is 13.5. The molecule has 1 aromatic rings. The molecule has 1 aliphatic heterocycles. The van der Waals surface area contributed by atoms with Gasteiger partial charge in [0, 0.05) is 38.3 Å². The largest absolute Gasteiger partial charge is 0.481 e. The first-order valence-corrected chi connectivity index (χ1v) is 7.70. The maximum atomic E-state index is 12.5. The summed E-state index contributed by atoms with van der Waals surface area (Å²) in [7, 11) is 0. The highest BCUT2D eigenvalue weighted by Gasteiger charge is 2.24. The van der Waals surface area contributed by atoms with Gasteiger partial charge >= 0.3 is 5.97 Å². The highest BCUT2D eigenvalue weighted by atomic mass is 16.4. The van der Waals surface area contributed by atoms with E-state index in [0.717, 1.165) is 24.2 Å². The van der Waals surface area contributed by atoms with Crippen molar-refractivity contribution in [1.29, 1.82) is 0 Å². The number of amides is 1. The molecule has 0 radical (unpaired) electrons. The van der Waals surface area contributed by atoms with Crippen molar-refractivity contribution in [2.75, 3.05) is 32.7 Å². The van der Waals surface area contributed by atoms with E-state index in [4.69, 9.17) is 5.11 Å². The van der Waals surface area contributed by atoms with E-state index in [2.05, 4.69) is 4.90 Å². The molecule has 5 heteroatoms. The SMILES string of the molecule is Cc1ccc(C(=O)N2CCN(CC(C)C(=O)O)CC2)cc1C. The van der Waals surface area contributed by atoms with Crippen molar-refractivity contribution in [3.8, 4) is 0 Å². The van der Waals surface area contributed by atoms with Crippen LogP contribution < -0.4 is 0 Å². The lowest BCUT2D eigenvalue weighted by Gasteiger charge is -2.35. The first kappa shape index (κ1) is 16.5. The van der Waals surface area contributed by atoms with Gasteiger partial charge in [0.2, 0.25) is 0 Å². The predicted molar refractivity (Wildman–Crippen MR) is 85.1 cm³/mol. The number of carboxylic acid groups (broad SMARTS) is 1. The summed E-state index contributed by atoms with van der Waals surface area (Å²) < 4.78 is 0. The van der Waals surface area contributed by atoms with Gasteiger partial charge in [-0.2, -0.15) is 0 Å². The number of aryl methyl sites for hydroxylation is 2. The molecule has 0 saturated carbocycles. The highest BCUT2D eigenvalue weighted by molar-refractivity contribution is 5.94. The quantitative estimate of drug-likeness (QED) is 0.921. The Labute approximate surface area is 131 Å². The molecular weight excluding hydrogens is 280 g/mol. The van der Waals surface area contributed by atoms with Gasteiger partial charge < -0.3 is 10.0 Å². The van der Waals surface area contributed by atoms with E-state index in [1.54, 1.807) is 6.92 Å². The Morgan fingerprint density at radius 3 is 2.32 bits per heavy atom. The van der Waals surface area contributed by atoms with Gasteiger partial charge in [-0.15, -0.1) is 0 Å². The van der Waals surface area contributed by atoms with E-state index in [1.807, 2.05) is 36.9 Å². The molecule has 1 saturated heterocycles. The summed E-state index contributed by atoms with van der Waals surface area (Å²) in [6, 6.07) is 5.80. The molecule has 120 valence electrons. The van der Waals surface area contributed by atoms with Crippen molar-refractivity contribution in [3.63, 3.8) is 0 Å². The summed E-state index contributed by atoms with van der Waals surface area (Å²) in [5.41, 5.74) is 3.04. The Hall–Kier alpha value is -1.88. The molecule has 0 spiro atoms. The van der Waals surface area contributed by atoms with Gasteiger partial charge in [0.1, 0.15) is 0 Å². The van der Waals surface area contributed by atoms with Crippen LogP contribution in [0.15, 0.2) is 18.2 Å². The molecule has 1 heterocycles. The molecular formula is C17H24N2O3. The third-order valence-electron chi connectivity index (χ3n) is 4.37. The van der Waals surface area contributed by atoms with Gasteiger partial charge in [0.15, 0.2) is 0 Å². The van der Waals surface area contributed by atoms with Crippen LogP contribution in [0.3, 0.4) is 0 Å². The first-order valence-electron chi connectivity index (χ1n) is 7.70. The zero-order chi connectivity index (χ0) is 16.3. The molecule has 1 amide bonds. The van der Waals surface area contributed by atoms with Gasteiger partial charge in [0.25, 0.3) is 5.91 Å². The van der Waals surface area contributed by atoms with Gasteiger partial charge in [-0.25, -0.2) is 0 Å². The van der Waals surface area contributed by atoms with Crippen LogP contribution in [0.4, 0.5) is 0 Å². The second kappa shape index (κ2) is 6.92. The molecule has 0 aliphatic carbocycles. The number of rotatable bonds is 4. The van der Waals surface area contributed by atoms with Crippen LogP contribution in [0.25, 0.3) is 0 Å². The molecule has 1 unspecified atom stereocenters. The van der Waals surface area contributed by atoms with Crippen molar-refractivity contribution >= 4 is 11.9 Å². The van der Waals surface area contributed by atoms with Gasteiger partial charge in [0.05, 0.1) is 5.92 Å². The summed E-state index contributed by atoms with van der Waals surface area (Å²) in [5, 5.41) is 8.96. The van der Waals surface area contributed by atoms with E-state index < -0.39 is 5.97 Å². The summed E-state index contributed by atoms with van der Waals surface area (Å²) in [6.45, 7) is 9.07. The molecule has 1 atom stereocenters. The van der Waals surface area contributed by atoms with Crippen molar-refractivity contribution < 1.29 is 14.7 Å². The zero-order valence-electron chi connectivity index (χ0n) is 13.5.